The molecule has 0 saturated carbocycles. The van der Waals surface area contributed by atoms with Gasteiger partial charge in [0.1, 0.15) is 5.69 Å². The Labute approximate surface area is 111 Å². The fourth-order valence-corrected chi connectivity index (χ4v) is 2.80. The van der Waals surface area contributed by atoms with Crippen LogP contribution in [0.25, 0.3) is 0 Å². The van der Waals surface area contributed by atoms with Gasteiger partial charge in [-0.15, -0.1) is 0 Å². The van der Waals surface area contributed by atoms with Gasteiger partial charge in [-0.1, -0.05) is 0 Å². The summed E-state index contributed by atoms with van der Waals surface area (Å²) in [5.41, 5.74) is 0.225. The Kier molecular flexibility index (Phi) is 3.51. The second-order valence-electron chi connectivity index (χ2n) is 4.08. The summed E-state index contributed by atoms with van der Waals surface area (Å²) in [6, 6.07) is 2.52. The fourth-order valence-electron chi connectivity index (χ4n) is 2.10. The van der Waals surface area contributed by atoms with Crippen LogP contribution in [0.1, 0.15) is 23.2 Å². The standard InChI is InChI=1S/C11H11BrN2O4/c12-8-5-7(11(15)16)6-9(14(17)18)10(8)13-3-1-2-4-13/h5-6H,1-4H2,(H,15,16). The van der Waals surface area contributed by atoms with Crippen molar-refractivity contribution < 1.29 is 14.8 Å². The van der Waals surface area contributed by atoms with Gasteiger partial charge in [-0.05, 0) is 34.8 Å². The number of halogens is 1. The van der Waals surface area contributed by atoms with Gasteiger partial charge >= 0.3 is 5.97 Å². The minimum atomic E-state index is -1.17. The number of carbonyl (C=O) groups is 1. The second kappa shape index (κ2) is 4.93. The van der Waals surface area contributed by atoms with Gasteiger partial charge < -0.3 is 10.0 Å². The number of anilines is 1. The summed E-state index contributed by atoms with van der Waals surface area (Å²) in [5.74, 6) is -1.17. The molecule has 1 aliphatic rings. The van der Waals surface area contributed by atoms with E-state index < -0.39 is 10.9 Å². The average Bonchev–Trinajstić information content (AvgIpc) is 2.80. The number of carboxylic acid groups (broad SMARTS) is 1. The van der Waals surface area contributed by atoms with E-state index in [4.69, 9.17) is 5.11 Å². The number of nitro benzene ring substituents is 1. The zero-order valence-corrected chi connectivity index (χ0v) is 11.0. The lowest BCUT2D eigenvalue weighted by molar-refractivity contribution is -0.384. The van der Waals surface area contributed by atoms with Crippen LogP contribution in [0.15, 0.2) is 16.6 Å². The molecule has 1 aromatic rings. The van der Waals surface area contributed by atoms with Crippen LogP contribution in [-0.2, 0) is 0 Å². The highest BCUT2D eigenvalue weighted by molar-refractivity contribution is 9.10. The predicted octanol–water partition coefficient (Wildman–Crippen LogP) is 2.66. The molecule has 1 saturated heterocycles. The first-order chi connectivity index (χ1) is 8.50. The lowest BCUT2D eigenvalue weighted by Gasteiger charge is -2.19. The first-order valence-corrected chi connectivity index (χ1v) is 6.26. The summed E-state index contributed by atoms with van der Waals surface area (Å²) in [6.45, 7) is 1.51. The summed E-state index contributed by atoms with van der Waals surface area (Å²) in [7, 11) is 0. The molecule has 0 unspecified atom stereocenters. The van der Waals surface area contributed by atoms with E-state index in [0.717, 1.165) is 32.0 Å². The molecular formula is C11H11BrN2O4. The Morgan fingerprint density at radius 2 is 2.00 bits per heavy atom. The van der Waals surface area contributed by atoms with Crippen LogP contribution in [0.2, 0.25) is 0 Å². The first-order valence-electron chi connectivity index (χ1n) is 5.47. The lowest BCUT2D eigenvalue weighted by Crippen LogP contribution is -2.20. The third-order valence-electron chi connectivity index (χ3n) is 2.91. The lowest BCUT2D eigenvalue weighted by atomic mass is 10.1. The van der Waals surface area contributed by atoms with Crippen LogP contribution in [0.4, 0.5) is 11.4 Å². The Bertz CT molecular complexity index is 512. The maximum Gasteiger partial charge on any atom is 0.335 e. The molecule has 1 fully saturated rings. The molecule has 0 amide bonds. The molecule has 96 valence electrons. The molecule has 1 aromatic carbocycles. The van der Waals surface area contributed by atoms with E-state index in [1.54, 1.807) is 0 Å². The number of hydrogen-bond acceptors (Lipinski definition) is 4. The smallest absolute Gasteiger partial charge is 0.335 e. The van der Waals surface area contributed by atoms with Gasteiger partial charge in [-0.25, -0.2) is 4.79 Å². The normalized spacial score (nSPS) is 14.8. The van der Waals surface area contributed by atoms with Crippen molar-refractivity contribution in [2.45, 2.75) is 12.8 Å². The van der Waals surface area contributed by atoms with E-state index in [-0.39, 0.29) is 11.3 Å². The summed E-state index contributed by atoms with van der Waals surface area (Å²) in [4.78, 5) is 23.3. The van der Waals surface area contributed by atoms with Crippen LogP contribution < -0.4 is 4.90 Å². The molecule has 2 rings (SSSR count). The van der Waals surface area contributed by atoms with Crippen molar-refractivity contribution in [3.63, 3.8) is 0 Å². The molecule has 0 bridgehead atoms. The fraction of sp³-hybridized carbons (Fsp3) is 0.364. The number of carboxylic acids is 1. The second-order valence-corrected chi connectivity index (χ2v) is 4.94. The van der Waals surface area contributed by atoms with Crippen molar-refractivity contribution in [1.29, 1.82) is 0 Å². The van der Waals surface area contributed by atoms with E-state index in [1.807, 2.05) is 4.90 Å². The number of benzene rings is 1. The summed E-state index contributed by atoms with van der Waals surface area (Å²) < 4.78 is 0.455. The van der Waals surface area contributed by atoms with Crippen molar-refractivity contribution >= 4 is 33.3 Å². The first kappa shape index (κ1) is 12.8. The number of rotatable bonds is 3. The van der Waals surface area contributed by atoms with Gasteiger partial charge in [0.25, 0.3) is 5.69 Å². The number of aromatic carboxylic acids is 1. The van der Waals surface area contributed by atoms with E-state index in [2.05, 4.69) is 15.9 Å². The molecule has 0 radical (unpaired) electrons. The molecule has 1 aliphatic heterocycles. The van der Waals surface area contributed by atoms with Gasteiger partial charge in [0.15, 0.2) is 0 Å². The molecule has 0 aromatic heterocycles. The Balaban J connectivity index is 2.56. The number of nitro groups is 1. The Hall–Kier alpha value is -1.63. The predicted molar refractivity (Wildman–Crippen MR) is 69.2 cm³/mol. The largest absolute Gasteiger partial charge is 0.478 e. The summed E-state index contributed by atoms with van der Waals surface area (Å²) in [6.07, 6.45) is 1.98. The molecule has 0 atom stereocenters. The summed E-state index contributed by atoms with van der Waals surface area (Å²) >= 11 is 3.24. The molecule has 0 spiro atoms. The van der Waals surface area contributed by atoms with Crippen LogP contribution in [-0.4, -0.2) is 29.1 Å². The highest BCUT2D eigenvalue weighted by Crippen LogP contribution is 2.38. The van der Waals surface area contributed by atoms with Gasteiger partial charge in [-0.3, -0.25) is 10.1 Å². The van der Waals surface area contributed by atoms with Crippen LogP contribution in [0.3, 0.4) is 0 Å². The number of hydrogen-bond donors (Lipinski definition) is 1. The molecule has 0 aliphatic carbocycles. The Morgan fingerprint density at radius 1 is 1.39 bits per heavy atom. The highest BCUT2D eigenvalue weighted by atomic mass is 79.9. The third-order valence-corrected chi connectivity index (χ3v) is 3.51. The highest BCUT2D eigenvalue weighted by Gasteiger charge is 2.26. The van der Waals surface area contributed by atoms with E-state index in [0.29, 0.717) is 10.2 Å². The van der Waals surface area contributed by atoms with Crippen molar-refractivity contribution in [3.8, 4) is 0 Å². The minimum Gasteiger partial charge on any atom is -0.478 e. The van der Waals surface area contributed by atoms with Gasteiger partial charge in [0.05, 0.1) is 10.5 Å². The average molecular weight is 315 g/mol. The van der Waals surface area contributed by atoms with Crippen molar-refractivity contribution in [1.82, 2.24) is 0 Å². The summed E-state index contributed by atoms with van der Waals surface area (Å²) in [5, 5.41) is 20.0. The molecular weight excluding hydrogens is 304 g/mol. The maximum absolute atomic E-state index is 11.1. The monoisotopic (exact) mass is 314 g/mol. The molecule has 1 heterocycles. The zero-order chi connectivity index (χ0) is 13.3. The van der Waals surface area contributed by atoms with Crippen molar-refractivity contribution in [3.05, 3.63) is 32.3 Å². The Morgan fingerprint density at radius 3 is 2.50 bits per heavy atom. The van der Waals surface area contributed by atoms with Crippen LogP contribution >= 0.6 is 15.9 Å². The maximum atomic E-state index is 11.1. The van der Waals surface area contributed by atoms with Gasteiger partial charge in [-0.2, -0.15) is 0 Å². The quantitative estimate of drug-likeness (QED) is 0.685. The third kappa shape index (κ3) is 2.31. The zero-order valence-electron chi connectivity index (χ0n) is 9.43. The van der Waals surface area contributed by atoms with Gasteiger partial charge in [0, 0.05) is 23.6 Å². The molecule has 1 N–H and O–H groups in total. The van der Waals surface area contributed by atoms with E-state index in [9.17, 15) is 14.9 Å². The molecule has 7 heteroatoms. The van der Waals surface area contributed by atoms with E-state index in [1.165, 1.54) is 6.07 Å². The number of nitrogens with zero attached hydrogens (tertiary/aromatic N) is 2. The molecule has 18 heavy (non-hydrogen) atoms. The topological polar surface area (TPSA) is 83.7 Å². The minimum absolute atomic E-state index is 0.0866. The van der Waals surface area contributed by atoms with Crippen molar-refractivity contribution in [2.24, 2.45) is 0 Å². The SMILES string of the molecule is O=C(O)c1cc(Br)c(N2CCCC2)c([N+](=O)[O-])c1. The van der Waals surface area contributed by atoms with Gasteiger partial charge in [0.2, 0.25) is 0 Å². The van der Waals surface area contributed by atoms with Crippen LogP contribution in [0.5, 0.6) is 0 Å². The molecule has 6 nitrogen and oxygen atoms in total. The van der Waals surface area contributed by atoms with Crippen LogP contribution in [0, 0.1) is 10.1 Å². The van der Waals surface area contributed by atoms with Crippen molar-refractivity contribution in [2.75, 3.05) is 18.0 Å². The van der Waals surface area contributed by atoms with E-state index >= 15 is 0 Å².